The number of carbonyl (C=O) groups is 3. The van der Waals surface area contributed by atoms with E-state index in [1.165, 1.54) is 19.1 Å². The molecule has 6 heteroatoms. The Bertz CT molecular complexity index is 844. The molecule has 2 aromatic carbocycles. The Morgan fingerprint density at radius 2 is 1.73 bits per heavy atom. The van der Waals surface area contributed by atoms with Gasteiger partial charge in [-0.3, -0.25) is 9.59 Å². The molecule has 0 spiro atoms. The lowest BCUT2D eigenvalue weighted by Gasteiger charge is -2.14. The van der Waals surface area contributed by atoms with Gasteiger partial charge in [-0.2, -0.15) is 0 Å². The first-order chi connectivity index (χ1) is 12.3. The van der Waals surface area contributed by atoms with E-state index in [0.29, 0.717) is 5.56 Å². The van der Waals surface area contributed by atoms with E-state index in [9.17, 15) is 14.4 Å². The maximum Gasteiger partial charge on any atom is 0.344 e. The third kappa shape index (κ3) is 4.69. The van der Waals surface area contributed by atoms with Gasteiger partial charge in [-0.25, -0.2) is 4.79 Å². The number of rotatable bonds is 7. The highest BCUT2D eigenvalue weighted by Gasteiger charge is 2.20. The Morgan fingerprint density at radius 3 is 2.38 bits per heavy atom. The fourth-order valence-corrected chi connectivity index (χ4v) is 2.35. The van der Waals surface area contributed by atoms with Gasteiger partial charge in [-0.15, -0.1) is 0 Å². The number of hydrogen-bond donors (Lipinski definition) is 1. The number of carbonyl (C=O) groups excluding carboxylic acids is 3. The summed E-state index contributed by atoms with van der Waals surface area (Å²) in [6.45, 7) is 4.93. The first-order valence-corrected chi connectivity index (χ1v) is 8.12. The van der Waals surface area contributed by atoms with E-state index < -0.39 is 24.6 Å². The number of ether oxygens (including phenoxy) is 2. The zero-order chi connectivity index (χ0) is 19.3. The molecule has 0 aromatic heterocycles. The summed E-state index contributed by atoms with van der Waals surface area (Å²) in [5.74, 6) is -1.48. The number of ketones is 1. The van der Waals surface area contributed by atoms with Crippen molar-refractivity contribution in [3.8, 4) is 5.75 Å². The van der Waals surface area contributed by atoms with Crippen molar-refractivity contribution in [1.29, 1.82) is 0 Å². The lowest BCUT2D eigenvalue weighted by atomic mass is 10.0. The molecule has 26 heavy (non-hydrogen) atoms. The summed E-state index contributed by atoms with van der Waals surface area (Å²) >= 11 is 0. The average Bonchev–Trinajstić information content (AvgIpc) is 2.61. The van der Waals surface area contributed by atoms with Crippen LogP contribution in [0.1, 0.15) is 38.8 Å². The third-order valence-electron chi connectivity index (χ3n) is 3.97. The van der Waals surface area contributed by atoms with Crippen LogP contribution in [-0.2, 0) is 9.53 Å². The Kier molecular flexibility index (Phi) is 6.11. The summed E-state index contributed by atoms with van der Waals surface area (Å²) in [6, 6.07) is 11.6. The number of para-hydroxylation sites is 1. The van der Waals surface area contributed by atoms with Gasteiger partial charge >= 0.3 is 5.97 Å². The monoisotopic (exact) mass is 355 g/mol. The topological polar surface area (TPSA) is 95.7 Å². The zero-order valence-electron chi connectivity index (χ0n) is 14.9. The van der Waals surface area contributed by atoms with Crippen LogP contribution in [0.4, 0.5) is 0 Å². The maximum absolute atomic E-state index is 12.4. The fourth-order valence-electron chi connectivity index (χ4n) is 2.35. The molecule has 0 saturated carbocycles. The van der Waals surface area contributed by atoms with Crippen molar-refractivity contribution in [2.45, 2.75) is 26.9 Å². The average molecular weight is 355 g/mol. The molecule has 1 amide bonds. The maximum atomic E-state index is 12.4. The second-order valence-electron chi connectivity index (χ2n) is 5.94. The van der Waals surface area contributed by atoms with Crippen molar-refractivity contribution in [2.24, 2.45) is 5.73 Å². The van der Waals surface area contributed by atoms with E-state index in [1.807, 2.05) is 19.9 Å². The molecule has 0 bridgehead atoms. The molecule has 0 radical (unpaired) electrons. The zero-order valence-corrected chi connectivity index (χ0v) is 14.9. The Morgan fingerprint density at radius 1 is 1.04 bits per heavy atom. The van der Waals surface area contributed by atoms with Crippen molar-refractivity contribution in [2.75, 3.05) is 6.61 Å². The van der Waals surface area contributed by atoms with Crippen molar-refractivity contribution >= 4 is 17.7 Å². The van der Waals surface area contributed by atoms with Gasteiger partial charge in [0.15, 0.2) is 12.7 Å². The predicted octanol–water partition coefficient (Wildman–Crippen LogP) is 2.60. The van der Waals surface area contributed by atoms with Crippen LogP contribution in [-0.4, -0.2) is 30.4 Å². The van der Waals surface area contributed by atoms with Gasteiger partial charge in [0, 0.05) is 5.56 Å². The molecule has 0 unspecified atom stereocenters. The summed E-state index contributed by atoms with van der Waals surface area (Å²) in [5, 5.41) is 0. The van der Waals surface area contributed by atoms with Gasteiger partial charge in [0.05, 0.1) is 5.56 Å². The molecule has 2 rings (SSSR count). The van der Waals surface area contributed by atoms with E-state index in [1.54, 1.807) is 24.3 Å². The summed E-state index contributed by atoms with van der Waals surface area (Å²) in [4.78, 5) is 35.7. The summed E-state index contributed by atoms with van der Waals surface area (Å²) in [6.07, 6.45) is -0.945. The van der Waals surface area contributed by atoms with Crippen molar-refractivity contribution < 1.29 is 23.9 Å². The minimum Gasteiger partial charge on any atom is -0.481 e. The van der Waals surface area contributed by atoms with Gasteiger partial charge in [-0.1, -0.05) is 24.3 Å². The molecule has 0 aliphatic heterocycles. The van der Waals surface area contributed by atoms with E-state index in [-0.39, 0.29) is 17.1 Å². The molecule has 2 aromatic rings. The van der Waals surface area contributed by atoms with Crippen LogP contribution in [0.25, 0.3) is 0 Å². The molecule has 1 atom stereocenters. The van der Waals surface area contributed by atoms with Crippen LogP contribution in [0, 0.1) is 13.8 Å². The molecular weight excluding hydrogens is 334 g/mol. The summed E-state index contributed by atoms with van der Waals surface area (Å²) < 4.78 is 10.4. The van der Waals surface area contributed by atoms with Gasteiger partial charge in [0.1, 0.15) is 5.75 Å². The standard InChI is InChI=1S/C20H21NO5/c1-12-8-9-15(10-13(12)2)19(23)14(3)26-18(22)11-25-17-7-5-4-6-16(17)20(21)24/h4-10,14H,11H2,1-3H3,(H2,21,24)/t14-/m1/s1. The summed E-state index contributed by atoms with van der Waals surface area (Å²) in [5.41, 5.74) is 7.96. The SMILES string of the molecule is Cc1ccc(C(=O)[C@@H](C)OC(=O)COc2ccccc2C(N)=O)cc1C. The number of nitrogens with two attached hydrogens (primary N) is 1. The highest BCUT2D eigenvalue weighted by atomic mass is 16.6. The number of amides is 1. The summed E-state index contributed by atoms with van der Waals surface area (Å²) in [7, 11) is 0. The molecule has 0 saturated heterocycles. The minimum atomic E-state index is -0.945. The van der Waals surface area contributed by atoms with Crippen LogP contribution in [0.2, 0.25) is 0 Å². The number of esters is 1. The molecule has 6 nitrogen and oxygen atoms in total. The first-order valence-electron chi connectivity index (χ1n) is 8.12. The second kappa shape index (κ2) is 8.29. The van der Waals surface area contributed by atoms with E-state index in [2.05, 4.69) is 0 Å². The largest absolute Gasteiger partial charge is 0.481 e. The van der Waals surface area contributed by atoms with Crippen LogP contribution in [0.3, 0.4) is 0 Å². The van der Waals surface area contributed by atoms with Gasteiger partial charge in [0.2, 0.25) is 5.78 Å². The van der Waals surface area contributed by atoms with Gasteiger partial charge in [-0.05, 0) is 50.1 Å². The Hall–Kier alpha value is -3.15. The Balaban J connectivity index is 1.96. The van der Waals surface area contributed by atoms with Crippen molar-refractivity contribution in [3.05, 3.63) is 64.7 Å². The van der Waals surface area contributed by atoms with E-state index >= 15 is 0 Å². The number of aryl methyl sites for hydroxylation is 2. The molecule has 0 fully saturated rings. The van der Waals surface area contributed by atoms with Crippen molar-refractivity contribution in [3.63, 3.8) is 0 Å². The minimum absolute atomic E-state index is 0.166. The van der Waals surface area contributed by atoms with Gasteiger partial charge in [0.25, 0.3) is 5.91 Å². The highest BCUT2D eigenvalue weighted by Crippen LogP contribution is 2.17. The number of Topliss-reactive ketones (excluding diaryl/α,β-unsaturated/α-hetero) is 1. The lowest BCUT2D eigenvalue weighted by molar-refractivity contribution is -0.148. The van der Waals surface area contributed by atoms with Crippen LogP contribution in [0.5, 0.6) is 5.75 Å². The first kappa shape index (κ1) is 19.2. The Labute approximate surface area is 151 Å². The number of benzene rings is 2. The fraction of sp³-hybridized carbons (Fsp3) is 0.250. The molecule has 2 N–H and O–H groups in total. The predicted molar refractivity (Wildman–Crippen MR) is 96.3 cm³/mol. The number of primary amides is 1. The van der Waals surface area contributed by atoms with Crippen LogP contribution in [0.15, 0.2) is 42.5 Å². The van der Waals surface area contributed by atoms with E-state index in [4.69, 9.17) is 15.2 Å². The molecule has 0 heterocycles. The highest BCUT2D eigenvalue weighted by molar-refractivity contribution is 6.00. The molecule has 136 valence electrons. The smallest absolute Gasteiger partial charge is 0.344 e. The second-order valence-corrected chi connectivity index (χ2v) is 5.94. The third-order valence-corrected chi connectivity index (χ3v) is 3.97. The lowest BCUT2D eigenvalue weighted by Crippen LogP contribution is -2.27. The van der Waals surface area contributed by atoms with Crippen LogP contribution < -0.4 is 10.5 Å². The molecule has 0 aliphatic rings. The quantitative estimate of drug-likeness (QED) is 0.608. The number of hydrogen-bond acceptors (Lipinski definition) is 5. The molecular formula is C20H21NO5. The van der Waals surface area contributed by atoms with Crippen molar-refractivity contribution in [1.82, 2.24) is 0 Å². The van der Waals surface area contributed by atoms with Gasteiger partial charge < -0.3 is 15.2 Å². The normalized spacial score (nSPS) is 11.5. The van der Waals surface area contributed by atoms with E-state index in [0.717, 1.165) is 11.1 Å². The molecule has 0 aliphatic carbocycles. The van der Waals surface area contributed by atoms with Crippen LogP contribution >= 0.6 is 0 Å².